The molecule has 0 spiro atoms. The van der Waals surface area contributed by atoms with Crippen LogP contribution in [0, 0.1) is 6.92 Å². The lowest BCUT2D eigenvalue weighted by molar-refractivity contribution is 0.101. The van der Waals surface area contributed by atoms with Crippen molar-refractivity contribution in [2.75, 3.05) is 0 Å². The van der Waals surface area contributed by atoms with Crippen LogP contribution in [0.15, 0.2) is 66.4 Å². The first-order chi connectivity index (χ1) is 14.0. The number of fused-ring (bicyclic) bond motifs is 1. The molecule has 3 aromatic carbocycles. The summed E-state index contributed by atoms with van der Waals surface area (Å²) in [5.41, 5.74) is 4.65. The minimum atomic E-state index is -0.0960. The summed E-state index contributed by atoms with van der Waals surface area (Å²) in [5.74, 6) is 1.44. The van der Waals surface area contributed by atoms with E-state index in [1.165, 1.54) is 5.56 Å². The molecule has 4 rings (SSSR count). The number of halogens is 1. The van der Waals surface area contributed by atoms with E-state index in [9.17, 15) is 4.79 Å². The van der Waals surface area contributed by atoms with Crippen LogP contribution in [0.4, 0.5) is 0 Å². The molecule has 0 saturated heterocycles. The maximum atomic E-state index is 12.8. The SMILES string of the molecule is CCc1ccc(/C=C2\Oc3cc(OCc4ccc(Cl)cc4)cc(C)c3C2=O)cc1. The summed E-state index contributed by atoms with van der Waals surface area (Å²) in [5, 5.41) is 0.692. The molecule has 0 amide bonds. The molecule has 3 nitrogen and oxygen atoms in total. The number of ether oxygens (including phenoxy) is 2. The number of aryl methyl sites for hydroxylation is 2. The Hall–Kier alpha value is -3.04. The van der Waals surface area contributed by atoms with Gasteiger partial charge in [0, 0.05) is 11.1 Å². The molecule has 1 aliphatic heterocycles. The van der Waals surface area contributed by atoms with Crippen molar-refractivity contribution < 1.29 is 14.3 Å². The largest absolute Gasteiger partial charge is 0.489 e. The van der Waals surface area contributed by atoms with E-state index in [0.717, 1.165) is 23.1 Å². The van der Waals surface area contributed by atoms with E-state index in [0.29, 0.717) is 34.5 Å². The van der Waals surface area contributed by atoms with E-state index >= 15 is 0 Å². The zero-order valence-corrected chi connectivity index (χ0v) is 17.1. The fourth-order valence-corrected chi connectivity index (χ4v) is 3.43. The second kappa shape index (κ2) is 8.14. The monoisotopic (exact) mass is 404 g/mol. The highest BCUT2D eigenvalue weighted by molar-refractivity contribution is 6.30. The number of Topliss-reactive ketones (excluding diaryl/α,β-unsaturated/α-hetero) is 1. The molecule has 0 radical (unpaired) electrons. The Labute approximate surface area is 175 Å². The first-order valence-corrected chi connectivity index (χ1v) is 9.96. The molecule has 1 aliphatic rings. The summed E-state index contributed by atoms with van der Waals surface area (Å²) in [6.07, 6.45) is 2.77. The average molecular weight is 405 g/mol. The summed E-state index contributed by atoms with van der Waals surface area (Å²) in [6.45, 7) is 4.42. The van der Waals surface area contributed by atoms with Gasteiger partial charge in [0.15, 0.2) is 5.76 Å². The van der Waals surface area contributed by atoms with E-state index in [1.807, 2.05) is 49.4 Å². The van der Waals surface area contributed by atoms with E-state index in [4.69, 9.17) is 21.1 Å². The van der Waals surface area contributed by atoms with Gasteiger partial charge in [0.1, 0.15) is 18.1 Å². The van der Waals surface area contributed by atoms with Gasteiger partial charge in [-0.2, -0.15) is 0 Å². The van der Waals surface area contributed by atoms with Gasteiger partial charge in [-0.3, -0.25) is 4.79 Å². The third-order valence-corrected chi connectivity index (χ3v) is 5.20. The summed E-state index contributed by atoms with van der Waals surface area (Å²) >= 11 is 5.92. The Balaban J connectivity index is 1.54. The van der Waals surface area contributed by atoms with Crippen molar-refractivity contribution in [2.45, 2.75) is 26.9 Å². The molecule has 0 fully saturated rings. The predicted molar refractivity (Wildman–Crippen MR) is 116 cm³/mol. The van der Waals surface area contributed by atoms with Crippen LogP contribution in [0.5, 0.6) is 11.5 Å². The van der Waals surface area contributed by atoms with E-state index in [1.54, 1.807) is 12.1 Å². The van der Waals surface area contributed by atoms with Gasteiger partial charge < -0.3 is 9.47 Å². The van der Waals surface area contributed by atoms with Crippen LogP contribution in [0.25, 0.3) is 6.08 Å². The van der Waals surface area contributed by atoms with Gasteiger partial charge in [-0.1, -0.05) is 54.9 Å². The van der Waals surface area contributed by atoms with Gasteiger partial charge in [0.05, 0.1) is 5.56 Å². The van der Waals surface area contributed by atoms with E-state index < -0.39 is 0 Å². The highest BCUT2D eigenvalue weighted by Crippen LogP contribution is 2.37. The Morgan fingerprint density at radius 2 is 1.69 bits per heavy atom. The molecule has 0 saturated carbocycles. The number of hydrogen-bond donors (Lipinski definition) is 0. The van der Waals surface area contributed by atoms with Gasteiger partial charge in [0.25, 0.3) is 0 Å². The van der Waals surface area contributed by atoms with Crippen molar-refractivity contribution in [2.24, 2.45) is 0 Å². The number of carbonyl (C=O) groups excluding carboxylic acids is 1. The minimum absolute atomic E-state index is 0.0960. The van der Waals surface area contributed by atoms with Crippen molar-refractivity contribution in [3.63, 3.8) is 0 Å². The number of benzene rings is 3. The smallest absolute Gasteiger partial charge is 0.232 e. The lowest BCUT2D eigenvalue weighted by Gasteiger charge is -2.09. The first kappa shape index (κ1) is 19.3. The highest BCUT2D eigenvalue weighted by atomic mass is 35.5. The summed E-state index contributed by atoms with van der Waals surface area (Å²) in [6, 6.07) is 19.3. The van der Waals surface area contributed by atoms with Crippen LogP contribution in [-0.2, 0) is 13.0 Å². The number of allylic oxidation sites excluding steroid dienone is 1. The number of carbonyl (C=O) groups is 1. The third kappa shape index (κ3) is 4.20. The average Bonchev–Trinajstić information content (AvgIpc) is 3.04. The predicted octanol–water partition coefficient (Wildman–Crippen LogP) is 6.41. The standard InChI is InChI=1S/C25H21ClO3/c1-3-17-4-6-18(7-5-17)13-23-25(27)24-16(2)12-21(14-22(24)29-23)28-15-19-8-10-20(26)11-9-19/h4-14H,3,15H2,1-2H3/b23-13-. The van der Waals surface area contributed by atoms with Gasteiger partial charge in [0.2, 0.25) is 5.78 Å². The molecule has 0 aliphatic carbocycles. The normalized spacial score (nSPS) is 14.0. The molecule has 146 valence electrons. The summed E-state index contributed by atoms with van der Waals surface area (Å²) in [7, 11) is 0. The fourth-order valence-electron chi connectivity index (χ4n) is 3.31. The Kier molecular flexibility index (Phi) is 5.41. The Bertz CT molecular complexity index is 1080. The summed E-state index contributed by atoms with van der Waals surface area (Å²) < 4.78 is 11.8. The van der Waals surface area contributed by atoms with Crippen LogP contribution in [0.1, 0.15) is 39.5 Å². The second-order valence-electron chi connectivity index (χ2n) is 7.06. The van der Waals surface area contributed by atoms with Crippen molar-refractivity contribution in [1.82, 2.24) is 0 Å². The number of hydrogen-bond acceptors (Lipinski definition) is 3. The van der Waals surface area contributed by atoms with Crippen LogP contribution in [0.2, 0.25) is 5.02 Å². The molecule has 1 heterocycles. The van der Waals surface area contributed by atoms with E-state index in [-0.39, 0.29) is 5.78 Å². The maximum Gasteiger partial charge on any atom is 0.232 e. The zero-order chi connectivity index (χ0) is 20.4. The third-order valence-electron chi connectivity index (χ3n) is 4.95. The zero-order valence-electron chi connectivity index (χ0n) is 16.4. The van der Waals surface area contributed by atoms with Crippen LogP contribution in [-0.4, -0.2) is 5.78 Å². The van der Waals surface area contributed by atoms with Crippen molar-refractivity contribution in [1.29, 1.82) is 0 Å². The minimum Gasteiger partial charge on any atom is -0.489 e. The Morgan fingerprint density at radius 1 is 1.00 bits per heavy atom. The molecule has 0 aromatic heterocycles. The quantitative estimate of drug-likeness (QED) is 0.461. The maximum absolute atomic E-state index is 12.8. The van der Waals surface area contributed by atoms with Crippen molar-refractivity contribution >= 4 is 23.5 Å². The molecule has 3 aromatic rings. The molecular formula is C25H21ClO3. The molecule has 0 atom stereocenters. The van der Waals surface area contributed by atoms with Gasteiger partial charge >= 0.3 is 0 Å². The molecule has 0 N–H and O–H groups in total. The van der Waals surface area contributed by atoms with E-state index in [2.05, 4.69) is 19.1 Å². The second-order valence-corrected chi connectivity index (χ2v) is 7.50. The lowest BCUT2D eigenvalue weighted by Crippen LogP contribution is -2.00. The Morgan fingerprint density at radius 3 is 2.38 bits per heavy atom. The molecular weight excluding hydrogens is 384 g/mol. The van der Waals surface area contributed by atoms with Crippen molar-refractivity contribution in [3.8, 4) is 11.5 Å². The molecule has 0 unspecified atom stereocenters. The van der Waals surface area contributed by atoms with Crippen molar-refractivity contribution in [3.05, 3.63) is 99.3 Å². The topological polar surface area (TPSA) is 35.5 Å². The molecule has 4 heteroatoms. The molecule has 0 bridgehead atoms. The lowest BCUT2D eigenvalue weighted by atomic mass is 10.0. The number of ketones is 1. The van der Waals surface area contributed by atoms with Crippen LogP contribution >= 0.6 is 11.6 Å². The molecule has 29 heavy (non-hydrogen) atoms. The fraction of sp³-hybridized carbons (Fsp3) is 0.160. The number of rotatable bonds is 5. The van der Waals surface area contributed by atoms with Crippen LogP contribution in [0.3, 0.4) is 0 Å². The van der Waals surface area contributed by atoms with Gasteiger partial charge in [-0.15, -0.1) is 0 Å². The first-order valence-electron chi connectivity index (χ1n) is 9.58. The highest BCUT2D eigenvalue weighted by Gasteiger charge is 2.30. The van der Waals surface area contributed by atoms with Gasteiger partial charge in [-0.25, -0.2) is 0 Å². The van der Waals surface area contributed by atoms with Crippen LogP contribution < -0.4 is 9.47 Å². The summed E-state index contributed by atoms with van der Waals surface area (Å²) in [4.78, 5) is 12.8. The van der Waals surface area contributed by atoms with Gasteiger partial charge in [-0.05, 0) is 59.9 Å².